The van der Waals surface area contributed by atoms with Gasteiger partial charge in [0.2, 0.25) is 5.91 Å². The molecule has 0 aromatic carbocycles. The number of nitrogens with zero attached hydrogens (tertiary/aromatic N) is 2. The lowest BCUT2D eigenvalue weighted by molar-refractivity contribution is -0.121. The molecule has 1 aliphatic carbocycles. The second kappa shape index (κ2) is 7.48. The monoisotopic (exact) mass is 292 g/mol. The van der Waals surface area contributed by atoms with Crippen molar-refractivity contribution in [2.75, 3.05) is 12.4 Å². The van der Waals surface area contributed by atoms with Crippen molar-refractivity contribution in [3.63, 3.8) is 0 Å². The maximum absolute atomic E-state index is 11.3. The van der Waals surface area contributed by atoms with Gasteiger partial charge in [0, 0.05) is 19.3 Å². The van der Waals surface area contributed by atoms with Gasteiger partial charge in [0.1, 0.15) is 6.54 Å². The predicted molar refractivity (Wildman–Crippen MR) is 85.1 cm³/mol. The van der Waals surface area contributed by atoms with Gasteiger partial charge in [-0.05, 0) is 31.1 Å². The first-order chi connectivity index (χ1) is 10.1. The topological polar surface area (TPSA) is 59.0 Å². The zero-order chi connectivity index (χ0) is 15.2. The number of anilines is 1. The van der Waals surface area contributed by atoms with Crippen LogP contribution in [0.15, 0.2) is 12.4 Å². The van der Waals surface area contributed by atoms with Crippen molar-refractivity contribution < 1.29 is 4.79 Å². The van der Waals surface area contributed by atoms with Crippen LogP contribution in [0, 0.1) is 11.8 Å². The first kappa shape index (κ1) is 15.9. The zero-order valence-electron chi connectivity index (χ0n) is 13.4. The summed E-state index contributed by atoms with van der Waals surface area (Å²) in [5, 5.41) is 10.4. The number of carbonyl (C=O) groups is 1. The van der Waals surface area contributed by atoms with Gasteiger partial charge in [-0.25, -0.2) is 0 Å². The van der Waals surface area contributed by atoms with Crippen molar-refractivity contribution in [2.24, 2.45) is 11.8 Å². The Hall–Kier alpha value is -1.52. The lowest BCUT2D eigenvalue weighted by Gasteiger charge is -2.19. The van der Waals surface area contributed by atoms with Gasteiger partial charge >= 0.3 is 0 Å². The predicted octanol–water partition coefficient (Wildman–Crippen LogP) is 2.65. The Balaban J connectivity index is 1.85. The Labute approximate surface area is 127 Å². The summed E-state index contributed by atoms with van der Waals surface area (Å²) < 4.78 is 1.68. The van der Waals surface area contributed by atoms with E-state index in [4.69, 9.17) is 0 Å². The van der Waals surface area contributed by atoms with Crippen LogP contribution in [0.25, 0.3) is 0 Å². The molecule has 1 amide bonds. The van der Waals surface area contributed by atoms with Crippen LogP contribution in [0.2, 0.25) is 0 Å². The molecular formula is C16H28N4O. The molecule has 2 atom stereocenters. The average Bonchev–Trinajstić information content (AvgIpc) is 2.74. The molecule has 0 bridgehead atoms. The van der Waals surface area contributed by atoms with Gasteiger partial charge in [0.25, 0.3) is 0 Å². The molecule has 1 aromatic heterocycles. The van der Waals surface area contributed by atoms with Crippen molar-refractivity contribution in [1.82, 2.24) is 15.1 Å². The second-order valence-electron chi connectivity index (χ2n) is 6.45. The molecule has 5 heteroatoms. The summed E-state index contributed by atoms with van der Waals surface area (Å²) in [6.45, 7) is 4.95. The number of nitrogens with one attached hydrogen (secondary N) is 2. The van der Waals surface area contributed by atoms with Gasteiger partial charge in [-0.3, -0.25) is 9.48 Å². The van der Waals surface area contributed by atoms with Gasteiger partial charge in [-0.2, -0.15) is 5.10 Å². The van der Waals surface area contributed by atoms with Crippen molar-refractivity contribution in [3.8, 4) is 0 Å². The smallest absolute Gasteiger partial charge is 0.241 e. The van der Waals surface area contributed by atoms with E-state index in [0.717, 1.165) is 17.5 Å². The molecule has 2 unspecified atom stereocenters. The SMILES string of the molecule is CNC(=O)Cn1cc(NC2CCCC(C(C)C)CC2)cn1. The number of hydrogen-bond acceptors (Lipinski definition) is 3. The minimum atomic E-state index is -0.0288. The summed E-state index contributed by atoms with van der Waals surface area (Å²) in [4.78, 5) is 11.3. The molecule has 0 spiro atoms. The van der Waals surface area contributed by atoms with Gasteiger partial charge in [0.05, 0.1) is 11.9 Å². The molecule has 2 N–H and O–H groups in total. The first-order valence-corrected chi connectivity index (χ1v) is 8.08. The highest BCUT2D eigenvalue weighted by Crippen LogP contribution is 2.30. The van der Waals surface area contributed by atoms with Gasteiger partial charge in [0.15, 0.2) is 0 Å². The fourth-order valence-corrected chi connectivity index (χ4v) is 3.13. The normalized spacial score (nSPS) is 22.9. The third kappa shape index (κ3) is 4.76. The molecule has 5 nitrogen and oxygen atoms in total. The highest BCUT2D eigenvalue weighted by Gasteiger charge is 2.21. The van der Waals surface area contributed by atoms with Crippen LogP contribution < -0.4 is 10.6 Å². The number of rotatable bonds is 5. The van der Waals surface area contributed by atoms with Crippen molar-refractivity contribution >= 4 is 11.6 Å². The Morgan fingerprint density at radius 2 is 2.19 bits per heavy atom. The fraction of sp³-hybridized carbons (Fsp3) is 0.750. The largest absolute Gasteiger partial charge is 0.380 e. The van der Waals surface area contributed by atoms with Gasteiger partial charge in [-0.15, -0.1) is 0 Å². The summed E-state index contributed by atoms with van der Waals surface area (Å²) in [6, 6.07) is 0.534. The van der Waals surface area contributed by atoms with Crippen LogP contribution in [0.1, 0.15) is 46.0 Å². The third-order valence-electron chi connectivity index (χ3n) is 4.54. The number of likely N-dealkylation sites (N-methyl/N-ethyl adjacent to an activating group) is 1. The van der Waals surface area contributed by atoms with E-state index in [1.54, 1.807) is 11.7 Å². The molecule has 118 valence electrons. The number of amides is 1. The zero-order valence-corrected chi connectivity index (χ0v) is 13.4. The van der Waals surface area contributed by atoms with Crippen LogP contribution in [-0.2, 0) is 11.3 Å². The van der Waals surface area contributed by atoms with E-state index in [9.17, 15) is 4.79 Å². The van der Waals surface area contributed by atoms with Crippen molar-refractivity contribution in [3.05, 3.63) is 12.4 Å². The first-order valence-electron chi connectivity index (χ1n) is 8.08. The molecule has 0 aliphatic heterocycles. The van der Waals surface area contributed by atoms with Crippen LogP contribution in [0.4, 0.5) is 5.69 Å². The van der Waals surface area contributed by atoms with E-state index in [-0.39, 0.29) is 12.5 Å². The van der Waals surface area contributed by atoms with E-state index in [1.165, 1.54) is 32.1 Å². The Kier molecular flexibility index (Phi) is 5.65. The standard InChI is InChI=1S/C16H28N4O/c1-12(2)13-5-4-6-14(8-7-13)19-15-9-18-20(10-15)11-16(21)17-3/h9-10,12-14,19H,4-8,11H2,1-3H3,(H,17,21). The summed E-state index contributed by atoms with van der Waals surface area (Å²) in [5.41, 5.74) is 1.02. The fourth-order valence-electron chi connectivity index (χ4n) is 3.13. The minimum Gasteiger partial charge on any atom is -0.380 e. The molecule has 0 saturated heterocycles. The maximum Gasteiger partial charge on any atom is 0.241 e. The molecule has 1 saturated carbocycles. The lowest BCUT2D eigenvalue weighted by atomic mass is 9.89. The van der Waals surface area contributed by atoms with Gasteiger partial charge in [-0.1, -0.05) is 26.7 Å². The van der Waals surface area contributed by atoms with Crippen molar-refractivity contribution in [2.45, 2.75) is 58.5 Å². The molecule has 1 heterocycles. The van der Waals surface area contributed by atoms with Crippen molar-refractivity contribution in [1.29, 1.82) is 0 Å². The van der Waals surface area contributed by atoms with Crippen LogP contribution >= 0.6 is 0 Å². The van der Waals surface area contributed by atoms with Crippen LogP contribution in [0.5, 0.6) is 0 Å². The quantitative estimate of drug-likeness (QED) is 0.820. The number of aromatic nitrogens is 2. The molecule has 1 aromatic rings. The van der Waals surface area contributed by atoms with Crippen LogP contribution in [-0.4, -0.2) is 28.8 Å². The van der Waals surface area contributed by atoms with Crippen LogP contribution in [0.3, 0.4) is 0 Å². The second-order valence-corrected chi connectivity index (χ2v) is 6.45. The third-order valence-corrected chi connectivity index (χ3v) is 4.54. The highest BCUT2D eigenvalue weighted by molar-refractivity contribution is 5.75. The summed E-state index contributed by atoms with van der Waals surface area (Å²) in [5.74, 6) is 1.63. The van der Waals surface area contributed by atoms with E-state index in [2.05, 4.69) is 29.6 Å². The molecule has 2 rings (SSSR count). The average molecular weight is 292 g/mol. The molecule has 0 radical (unpaired) electrons. The van der Waals surface area contributed by atoms with E-state index in [1.807, 2.05) is 12.4 Å². The Morgan fingerprint density at radius 3 is 2.90 bits per heavy atom. The summed E-state index contributed by atoms with van der Waals surface area (Å²) >= 11 is 0. The Morgan fingerprint density at radius 1 is 1.38 bits per heavy atom. The van der Waals surface area contributed by atoms with E-state index in [0.29, 0.717) is 6.04 Å². The maximum atomic E-state index is 11.3. The highest BCUT2D eigenvalue weighted by atomic mass is 16.1. The number of hydrogen-bond donors (Lipinski definition) is 2. The molecular weight excluding hydrogens is 264 g/mol. The molecule has 1 aliphatic rings. The van der Waals surface area contributed by atoms with E-state index < -0.39 is 0 Å². The summed E-state index contributed by atoms with van der Waals surface area (Å²) in [6.07, 6.45) is 10.1. The lowest BCUT2D eigenvalue weighted by Crippen LogP contribution is -2.23. The number of carbonyl (C=O) groups excluding carboxylic acids is 1. The minimum absolute atomic E-state index is 0.0288. The van der Waals surface area contributed by atoms with E-state index >= 15 is 0 Å². The van der Waals surface area contributed by atoms with Gasteiger partial charge < -0.3 is 10.6 Å². The molecule has 1 fully saturated rings. The summed E-state index contributed by atoms with van der Waals surface area (Å²) in [7, 11) is 1.64. The molecule has 21 heavy (non-hydrogen) atoms. The Bertz CT molecular complexity index is 455.